The van der Waals surface area contributed by atoms with Gasteiger partial charge in [-0.2, -0.15) is 9.49 Å². The molecule has 0 spiro atoms. The van der Waals surface area contributed by atoms with E-state index in [1.54, 1.807) is 13.1 Å². The molecule has 0 N–H and O–H groups in total. The smallest absolute Gasteiger partial charge is 0.211 e. The lowest BCUT2D eigenvalue weighted by Crippen LogP contribution is -2.52. The molecule has 4 nitrogen and oxygen atoms in total. The normalized spacial score (nSPS) is 27.0. The molecule has 27 heavy (non-hydrogen) atoms. The van der Waals surface area contributed by atoms with Crippen LogP contribution in [-0.4, -0.2) is 46.5 Å². The molecule has 1 aromatic heterocycles. The van der Waals surface area contributed by atoms with Crippen molar-refractivity contribution in [2.75, 3.05) is 19.8 Å². The van der Waals surface area contributed by atoms with Crippen molar-refractivity contribution in [3.63, 3.8) is 0 Å². The first-order valence-electron chi connectivity index (χ1n) is 9.87. The van der Waals surface area contributed by atoms with Crippen molar-refractivity contribution >= 4 is 11.6 Å². The van der Waals surface area contributed by atoms with Crippen LogP contribution in [0.2, 0.25) is 5.02 Å². The molecule has 2 heterocycles. The average molecular weight is 392 g/mol. The highest BCUT2D eigenvalue weighted by molar-refractivity contribution is 6.30. The second kappa shape index (κ2) is 8.29. The zero-order valence-electron chi connectivity index (χ0n) is 15.8. The van der Waals surface area contributed by atoms with Crippen LogP contribution in [-0.2, 0) is 18.2 Å². The number of hydrogen-bond donors (Lipinski definition) is 0. The number of halogens is 2. The number of aryl methyl sites for hydroxylation is 1. The Labute approximate surface area is 165 Å². The van der Waals surface area contributed by atoms with E-state index >= 15 is 0 Å². The maximum atomic E-state index is 13.6. The van der Waals surface area contributed by atoms with Crippen LogP contribution in [0.1, 0.15) is 42.9 Å². The van der Waals surface area contributed by atoms with E-state index in [2.05, 4.69) is 22.1 Å². The number of benzene rings is 1. The Morgan fingerprint density at radius 3 is 2.59 bits per heavy atom. The van der Waals surface area contributed by atoms with Gasteiger partial charge in [0.05, 0.1) is 18.9 Å². The fraction of sp³-hybridized carbons (Fsp3) is 0.571. The molecule has 1 aliphatic heterocycles. The molecule has 1 aliphatic carbocycles. The van der Waals surface area contributed by atoms with Gasteiger partial charge in [0.25, 0.3) is 0 Å². The van der Waals surface area contributed by atoms with Gasteiger partial charge < -0.3 is 4.74 Å². The Hall–Kier alpha value is -1.43. The fourth-order valence-corrected chi connectivity index (χ4v) is 4.71. The van der Waals surface area contributed by atoms with Crippen LogP contribution in [0, 0.1) is 5.95 Å². The van der Waals surface area contributed by atoms with Gasteiger partial charge in [0, 0.05) is 42.7 Å². The number of morpholine rings is 1. The standard InChI is InChI=1S/C21H27ClFN3O/c1-25-21(23)13-20(24-25)16-4-8-18(9-5-16)26-10-11-27-14-19(26)12-15-2-6-17(22)7-3-15/h2-3,6-7,13,16,18-19H,4-5,8-12,14H2,1H3/t16?,18?,19-/m0/s1. The summed E-state index contributed by atoms with van der Waals surface area (Å²) in [6.07, 6.45) is 5.42. The lowest BCUT2D eigenvalue weighted by molar-refractivity contribution is -0.0367. The van der Waals surface area contributed by atoms with Crippen LogP contribution in [0.3, 0.4) is 0 Å². The number of hydrogen-bond acceptors (Lipinski definition) is 3. The minimum atomic E-state index is -0.247. The molecule has 2 aromatic rings. The van der Waals surface area contributed by atoms with Gasteiger partial charge >= 0.3 is 0 Å². The Kier molecular flexibility index (Phi) is 5.81. The highest BCUT2D eigenvalue weighted by atomic mass is 35.5. The van der Waals surface area contributed by atoms with E-state index in [9.17, 15) is 4.39 Å². The van der Waals surface area contributed by atoms with E-state index < -0.39 is 0 Å². The third kappa shape index (κ3) is 4.36. The molecule has 6 heteroatoms. The predicted octanol–water partition coefficient (Wildman–Crippen LogP) is 4.18. The Balaban J connectivity index is 1.38. The van der Waals surface area contributed by atoms with Gasteiger partial charge in [-0.1, -0.05) is 23.7 Å². The molecule has 2 fully saturated rings. The Morgan fingerprint density at radius 1 is 1.19 bits per heavy atom. The summed E-state index contributed by atoms with van der Waals surface area (Å²) < 4.78 is 20.7. The average Bonchev–Trinajstić information content (AvgIpc) is 3.03. The maximum absolute atomic E-state index is 13.6. The van der Waals surface area contributed by atoms with Gasteiger partial charge in [-0.25, -0.2) is 4.68 Å². The predicted molar refractivity (Wildman–Crippen MR) is 105 cm³/mol. The molecule has 1 aromatic carbocycles. The summed E-state index contributed by atoms with van der Waals surface area (Å²) in [6.45, 7) is 2.59. The molecular weight excluding hydrogens is 365 g/mol. The van der Waals surface area contributed by atoms with Crippen molar-refractivity contribution < 1.29 is 9.13 Å². The van der Waals surface area contributed by atoms with E-state index in [0.29, 0.717) is 18.0 Å². The first kappa shape index (κ1) is 18.9. The first-order chi connectivity index (χ1) is 13.1. The fourth-order valence-electron chi connectivity index (χ4n) is 4.59. The van der Waals surface area contributed by atoms with Crippen molar-refractivity contribution in [3.8, 4) is 0 Å². The van der Waals surface area contributed by atoms with Gasteiger partial charge in [0.1, 0.15) is 0 Å². The van der Waals surface area contributed by atoms with Crippen LogP contribution in [0.4, 0.5) is 4.39 Å². The summed E-state index contributed by atoms with van der Waals surface area (Å²) in [6, 6.07) is 10.7. The minimum absolute atomic E-state index is 0.247. The van der Waals surface area contributed by atoms with Gasteiger partial charge in [0.15, 0.2) is 0 Å². The van der Waals surface area contributed by atoms with Crippen molar-refractivity contribution in [2.45, 2.75) is 50.1 Å². The Morgan fingerprint density at radius 2 is 1.93 bits per heavy atom. The molecule has 1 atom stereocenters. The van der Waals surface area contributed by atoms with E-state index in [1.807, 2.05) is 12.1 Å². The number of ether oxygens (including phenoxy) is 1. The zero-order chi connectivity index (χ0) is 18.8. The second-order valence-corrected chi connectivity index (χ2v) is 8.25. The summed E-state index contributed by atoms with van der Waals surface area (Å²) in [5, 5.41) is 5.12. The van der Waals surface area contributed by atoms with Gasteiger partial charge in [0.2, 0.25) is 5.95 Å². The molecule has 0 bridgehead atoms. The zero-order valence-corrected chi connectivity index (χ0v) is 16.5. The van der Waals surface area contributed by atoms with Crippen LogP contribution in [0.5, 0.6) is 0 Å². The van der Waals surface area contributed by atoms with E-state index in [-0.39, 0.29) is 5.95 Å². The first-order valence-corrected chi connectivity index (χ1v) is 10.3. The highest BCUT2D eigenvalue weighted by Crippen LogP contribution is 2.35. The third-order valence-electron chi connectivity index (χ3n) is 6.08. The lowest BCUT2D eigenvalue weighted by atomic mass is 9.82. The van der Waals surface area contributed by atoms with E-state index in [1.165, 1.54) is 10.2 Å². The van der Waals surface area contributed by atoms with Gasteiger partial charge in [-0.05, 0) is 49.8 Å². The highest BCUT2D eigenvalue weighted by Gasteiger charge is 2.33. The molecule has 0 radical (unpaired) electrons. The summed E-state index contributed by atoms with van der Waals surface area (Å²) in [4.78, 5) is 2.65. The van der Waals surface area contributed by atoms with Gasteiger partial charge in [-0.3, -0.25) is 4.90 Å². The van der Waals surface area contributed by atoms with Gasteiger partial charge in [-0.15, -0.1) is 0 Å². The Bertz CT molecular complexity index is 736. The number of nitrogens with zero attached hydrogens (tertiary/aromatic N) is 3. The largest absolute Gasteiger partial charge is 0.378 e. The van der Waals surface area contributed by atoms with Crippen LogP contribution in [0.25, 0.3) is 0 Å². The maximum Gasteiger partial charge on any atom is 0.211 e. The van der Waals surface area contributed by atoms with Crippen LogP contribution >= 0.6 is 11.6 Å². The molecule has 146 valence electrons. The van der Waals surface area contributed by atoms with Crippen molar-refractivity contribution in [2.24, 2.45) is 7.05 Å². The van der Waals surface area contributed by atoms with Crippen molar-refractivity contribution in [1.82, 2.24) is 14.7 Å². The van der Waals surface area contributed by atoms with Crippen molar-refractivity contribution in [1.29, 1.82) is 0 Å². The van der Waals surface area contributed by atoms with E-state index in [4.69, 9.17) is 16.3 Å². The molecular formula is C21H27ClFN3O. The number of rotatable bonds is 4. The SMILES string of the molecule is Cn1nc(C2CCC(N3CCOC[C@@H]3Cc3ccc(Cl)cc3)CC2)cc1F. The van der Waals surface area contributed by atoms with Crippen LogP contribution in [0.15, 0.2) is 30.3 Å². The quantitative estimate of drug-likeness (QED) is 0.783. The monoisotopic (exact) mass is 391 g/mol. The lowest BCUT2D eigenvalue weighted by Gasteiger charge is -2.43. The molecule has 1 saturated carbocycles. The second-order valence-electron chi connectivity index (χ2n) is 7.82. The number of aromatic nitrogens is 2. The summed E-state index contributed by atoms with van der Waals surface area (Å²) in [5.41, 5.74) is 2.21. The van der Waals surface area contributed by atoms with Crippen molar-refractivity contribution in [3.05, 3.63) is 52.6 Å². The van der Waals surface area contributed by atoms with Crippen LogP contribution < -0.4 is 0 Å². The summed E-state index contributed by atoms with van der Waals surface area (Å²) in [7, 11) is 1.67. The topological polar surface area (TPSA) is 30.3 Å². The third-order valence-corrected chi connectivity index (χ3v) is 6.34. The van der Waals surface area contributed by atoms with E-state index in [0.717, 1.165) is 62.6 Å². The summed E-state index contributed by atoms with van der Waals surface area (Å²) in [5.74, 6) is 0.135. The molecule has 1 saturated heterocycles. The molecule has 0 amide bonds. The molecule has 2 aliphatic rings. The summed E-state index contributed by atoms with van der Waals surface area (Å²) >= 11 is 6.02. The molecule has 4 rings (SSSR count). The minimum Gasteiger partial charge on any atom is -0.378 e. The molecule has 0 unspecified atom stereocenters.